The molecular formula is C22H22N4O4S. The van der Waals surface area contributed by atoms with Crippen LogP contribution in [0.4, 0.5) is 10.8 Å². The van der Waals surface area contributed by atoms with E-state index in [1.165, 1.54) is 11.3 Å². The Morgan fingerprint density at radius 2 is 1.97 bits per heavy atom. The molecule has 31 heavy (non-hydrogen) atoms. The molecule has 1 fully saturated rings. The van der Waals surface area contributed by atoms with Gasteiger partial charge in [-0.2, -0.15) is 0 Å². The number of anilines is 2. The summed E-state index contributed by atoms with van der Waals surface area (Å²) >= 11 is 1.41. The van der Waals surface area contributed by atoms with Gasteiger partial charge in [0.2, 0.25) is 17.7 Å². The van der Waals surface area contributed by atoms with Crippen LogP contribution in [0, 0.1) is 5.92 Å². The zero-order valence-corrected chi connectivity index (χ0v) is 17.8. The Hall–Kier alpha value is -3.46. The van der Waals surface area contributed by atoms with Gasteiger partial charge in [0.1, 0.15) is 5.75 Å². The van der Waals surface area contributed by atoms with Gasteiger partial charge >= 0.3 is 0 Å². The van der Waals surface area contributed by atoms with E-state index < -0.39 is 5.92 Å². The van der Waals surface area contributed by atoms with Crippen molar-refractivity contribution in [2.45, 2.75) is 12.8 Å². The highest BCUT2D eigenvalue weighted by atomic mass is 32.1. The minimum absolute atomic E-state index is 0.0982. The fraction of sp³-hybridized carbons (Fsp3) is 0.273. The van der Waals surface area contributed by atoms with Crippen LogP contribution >= 0.6 is 11.3 Å². The van der Waals surface area contributed by atoms with Gasteiger partial charge < -0.3 is 20.3 Å². The first-order valence-corrected chi connectivity index (χ1v) is 10.7. The molecule has 4 rings (SSSR count). The second kappa shape index (κ2) is 9.13. The summed E-state index contributed by atoms with van der Waals surface area (Å²) in [5.74, 6) is -0.284. The third kappa shape index (κ3) is 4.83. The van der Waals surface area contributed by atoms with E-state index in [-0.39, 0.29) is 37.1 Å². The number of rotatable bonds is 7. The van der Waals surface area contributed by atoms with Crippen molar-refractivity contribution in [2.75, 3.05) is 30.4 Å². The molecule has 2 aromatic carbocycles. The number of thiazole rings is 1. The number of carbonyl (C=O) groups excluding carboxylic acids is 3. The molecule has 3 amide bonds. The normalized spacial score (nSPS) is 15.8. The molecule has 2 heterocycles. The van der Waals surface area contributed by atoms with Gasteiger partial charge in [-0.15, -0.1) is 0 Å². The van der Waals surface area contributed by atoms with Gasteiger partial charge in [-0.05, 0) is 36.4 Å². The molecule has 9 heteroatoms. The maximum absolute atomic E-state index is 12.5. The second-order valence-corrected chi connectivity index (χ2v) is 8.21. The summed E-state index contributed by atoms with van der Waals surface area (Å²) in [6.45, 7) is 0.512. The number of carbonyl (C=O) groups is 3. The Kier molecular flexibility index (Phi) is 6.13. The second-order valence-electron chi connectivity index (χ2n) is 7.18. The molecule has 0 aliphatic carbocycles. The van der Waals surface area contributed by atoms with Crippen LogP contribution < -0.4 is 20.3 Å². The van der Waals surface area contributed by atoms with Gasteiger partial charge in [0.05, 0.1) is 23.2 Å². The summed E-state index contributed by atoms with van der Waals surface area (Å²) in [5.41, 5.74) is 1.57. The van der Waals surface area contributed by atoms with Crippen LogP contribution in [0.5, 0.6) is 5.75 Å². The van der Waals surface area contributed by atoms with E-state index in [4.69, 9.17) is 4.74 Å². The zero-order valence-electron chi connectivity index (χ0n) is 17.0. The molecule has 0 unspecified atom stereocenters. The van der Waals surface area contributed by atoms with Crippen molar-refractivity contribution in [1.82, 2.24) is 10.3 Å². The number of ether oxygens (including phenoxy) is 1. The van der Waals surface area contributed by atoms with Crippen LogP contribution in [0.1, 0.15) is 12.8 Å². The first-order valence-electron chi connectivity index (χ1n) is 9.91. The van der Waals surface area contributed by atoms with Crippen LogP contribution in [0.15, 0.2) is 48.5 Å². The van der Waals surface area contributed by atoms with Crippen molar-refractivity contribution >= 4 is 50.1 Å². The van der Waals surface area contributed by atoms with Gasteiger partial charge in [-0.25, -0.2) is 4.98 Å². The summed E-state index contributed by atoms with van der Waals surface area (Å²) in [5, 5.41) is 6.06. The Balaban J connectivity index is 1.24. The van der Waals surface area contributed by atoms with E-state index in [2.05, 4.69) is 15.6 Å². The molecule has 1 atom stereocenters. The van der Waals surface area contributed by atoms with Crippen molar-refractivity contribution in [3.8, 4) is 5.75 Å². The van der Waals surface area contributed by atoms with Gasteiger partial charge in [0.15, 0.2) is 5.13 Å². The molecule has 0 radical (unpaired) electrons. The van der Waals surface area contributed by atoms with Gasteiger partial charge in [0, 0.05) is 31.6 Å². The van der Waals surface area contributed by atoms with Crippen molar-refractivity contribution in [3.63, 3.8) is 0 Å². The fourth-order valence-corrected chi connectivity index (χ4v) is 4.33. The molecule has 160 valence electrons. The number of nitrogens with zero attached hydrogens (tertiary/aromatic N) is 2. The first-order chi connectivity index (χ1) is 15.0. The molecule has 2 N–H and O–H groups in total. The summed E-state index contributed by atoms with van der Waals surface area (Å²) in [7, 11) is 1.58. The van der Waals surface area contributed by atoms with Gasteiger partial charge in [0.25, 0.3) is 0 Å². The lowest BCUT2D eigenvalue weighted by Gasteiger charge is -2.17. The van der Waals surface area contributed by atoms with E-state index >= 15 is 0 Å². The fourth-order valence-electron chi connectivity index (χ4n) is 3.45. The van der Waals surface area contributed by atoms with Crippen LogP contribution in [-0.4, -0.2) is 42.9 Å². The molecule has 0 spiro atoms. The highest BCUT2D eigenvalue weighted by Crippen LogP contribution is 2.27. The summed E-state index contributed by atoms with van der Waals surface area (Å²) in [6, 6.07) is 14.8. The van der Waals surface area contributed by atoms with E-state index in [0.29, 0.717) is 17.4 Å². The maximum Gasteiger partial charge on any atom is 0.227 e. The standard InChI is InChI=1S/C22H22N4O4S/c1-30-16-8-6-15(7-9-16)26-13-14(12-20(26)28)21(29)23-11-10-19(27)25-22-24-17-4-2-3-5-18(17)31-22/h2-9,14H,10-13H2,1H3,(H,23,29)(H,24,25,27)/t14-/m1/s1. The highest BCUT2D eigenvalue weighted by molar-refractivity contribution is 7.22. The molecule has 8 nitrogen and oxygen atoms in total. The molecule has 1 aliphatic heterocycles. The molecule has 1 aliphatic rings. The quantitative estimate of drug-likeness (QED) is 0.591. The predicted molar refractivity (Wildman–Crippen MR) is 119 cm³/mol. The number of aromatic nitrogens is 1. The van der Waals surface area contributed by atoms with E-state index in [1.807, 2.05) is 24.3 Å². The topological polar surface area (TPSA) is 101 Å². The number of methoxy groups -OCH3 is 1. The molecule has 1 aromatic heterocycles. The summed E-state index contributed by atoms with van der Waals surface area (Å²) < 4.78 is 6.13. The number of para-hydroxylation sites is 1. The predicted octanol–water partition coefficient (Wildman–Crippen LogP) is 2.80. The van der Waals surface area contributed by atoms with Crippen LogP contribution in [0.2, 0.25) is 0 Å². The monoisotopic (exact) mass is 438 g/mol. The van der Waals surface area contributed by atoms with Crippen LogP contribution in [0.3, 0.4) is 0 Å². The minimum Gasteiger partial charge on any atom is -0.497 e. The molecule has 3 aromatic rings. The van der Waals surface area contributed by atoms with Crippen molar-refractivity contribution in [3.05, 3.63) is 48.5 Å². The van der Waals surface area contributed by atoms with Crippen molar-refractivity contribution < 1.29 is 19.1 Å². The van der Waals surface area contributed by atoms with Crippen LogP contribution in [-0.2, 0) is 14.4 Å². The lowest BCUT2D eigenvalue weighted by Crippen LogP contribution is -2.34. The van der Waals surface area contributed by atoms with Gasteiger partial charge in [-0.1, -0.05) is 23.5 Å². The number of fused-ring (bicyclic) bond motifs is 1. The molecule has 0 saturated carbocycles. The Morgan fingerprint density at radius 1 is 1.19 bits per heavy atom. The molecule has 0 bridgehead atoms. The Labute approximate surface area is 183 Å². The largest absolute Gasteiger partial charge is 0.497 e. The Morgan fingerprint density at radius 3 is 2.71 bits per heavy atom. The Bertz CT molecular complexity index is 1080. The number of nitrogens with one attached hydrogen (secondary N) is 2. The minimum atomic E-state index is -0.443. The third-order valence-corrected chi connectivity index (χ3v) is 6.02. The van der Waals surface area contributed by atoms with Crippen molar-refractivity contribution in [1.29, 1.82) is 0 Å². The first kappa shape index (κ1) is 20.8. The lowest BCUT2D eigenvalue weighted by atomic mass is 10.1. The smallest absolute Gasteiger partial charge is 0.227 e. The van der Waals surface area contributed by atoms with Crippen molar-refractivity contribution in [2.24, 2.45) is 5.92 Å². The van der Waals surface area contributed by atoms with E-state index in [9.17, 15) is 14.4 Å². The van der Waals surface area contributed by atoms with E-state index in [0.717, 1.165) is 15.9 Å². The highest BCUT2D eigenvalue weighted by Gasteiger charge is 2.35. The number of amides is 3. The zero-order chi connectivity index (χ0) is 21.8. The lowest BCUT2D eigenvalue weighted by molar-refractivity contribution is -0.126. The number of hydrogen-bond donors (Lipinski definition) is 2. The molecule has 1 saturated heterocycles. The summed E-state index contributed by atoms with van der Waals surface area (Å²) in [6.07, 6.45) is 0.278. The third-order valence-electron chi connectivity index (χ3n) is 5.07. The van der Waals surface area contributed by atoms with Crippen LogP contribution in [0.25, 0.3) is 10.2 Å². The number of benzene rings is 2. The summed E-state index contributed by atoms with van der Waals surface area (Å²) in [4.78, 5) is 43.0. The van der Waals surface area contributed by atoms with E-state index in [1.54, 1.807) is 36.3 Å². The maximum atomic E-state index is 12.5. The van der Waals surface area contributed by atoms with Gasteiger partial charge in [-0.3, -0.25) is 14.4 Å². The average molecular weight is 439 g/mol. The average Bonchev–Trinajstić information content (AvgIpc) is 3.36. The SMILES string of the molecule is COc1ccc(N2C[C@H](C(=O)NCCC(=O)Nc3nc4ccccc4s3)CC2=O)cc1. The molecular weight excluding hydrogens is 416 g/mol. The number of hydrogen-bond acceptors (Lipinski definition) is 6.